The van der Waals surface area contributed by atoms with E-state index in [9.17, 15) is 0 Å². The second kappa shape index (κ2) is 6.25. The van der Waals surface area contributed by atoms with E-state index in [4.69, 9.17) is 9.97 Å². The summed E-state index contributed by atoms with van der Waals surface area (Å²) in [6.07, 6.45) is 1.08. The van der Waals surface area contributed by atoms with E-state index in [0.717, 1.165) is 35.9 Å². The Labute approximate surface area is 127 Å². The van der Waals surface area contributed by atoms with Crippen molar-refractivity contribution in [2.45, 2.75) is 46.5 Å². The Morgan fingerprint density at radius 2 is 1.71 bits per heavy atom. The number of aromatic nitrogens is 2. The van der Waals surface area contributed by atoms with E-state index in [1.807, 2.05) is 6.07 Å². The molecule has 1 N–H and O–H groups in total. The normalized spacial score (nSPS) is 11.5. The summed E-state index contributed by atoms with van der Waals surface area (Å²) >= 11 is 0. The number of hydrogen-bond donors (Lipinski definition) is 1. The van der Waals surface area contributed by atoms with Gasteiger partial charge in [0.15, 0.2) is 0 Å². The molecular formula is C18H25N3. The van der Waals surface area contributed by atoms with Crippen LogP contribution in [-0.2, 0) is 5.41 Å². The van der Waals surface area contributed by atoms with Crippen molar-refractivity contribution in [1.29, 1.82) is 0 Å². The monoisotopic (exact) mass is 283 g/mol. The van der Waals surface area contributed by atoms with Crippen molar-refractivity contribution in [3.05, 3.63) is 53.0 Å². The maximum atomic E-state index is 4.80. The zero-order valence-corrected chi connectivity index (χ0v) is 13.7. The van der Waals surface area contributed by atoms with Gasteiger partial charge in [-0.25, -0.2) is 9.97 Å². The van der Waals surface area contributed by atoms with Crippen LogP contribution in [0.25, 0.3) is 0 Å². The molecule has 0 aliphatic heterocycles. The van der Waals surface area contributed by atoms with Crippen molar-refractivity contribution in [2.75, 3.05) is 11.9 Å². The minimum absolute atomic E-state index is 0.206. The van der Waals surface area contributed by atoms with Crippen LogP contribution in [0.3, 0.4) is 0 Å². The maximum absolute atomic E-state index is 4.80. The first-order valence-corrected chi connectivity index (χ1v) is 7.62. The van der Waals surface area contributed by atoms with E-state index in [1.165, 1.54) is 5.56 Å². The molecule has 0 aliphatic carbocycles. The van der Waals surface area contributed by atoms with Gasteiger partial charge in [0.05, 0.1) is 0 Å². The first-order chi connectivity index (χ1) is 9.96. The van der Waals surface area contributed by atoms with Gasteiger partial charge < -0.3 is 5.32 Å². The van der Waals surface area contributed by atoms with Crippen molar-refractivity contribution < 1.29 is 0 Å². The Morgan fingerprint density at radius 1 is 1.05 bits per heavy atom. The Hall–Kier alpha value is -1.90. The average Bonchev–Trinajstić information content (AvgIpc) is 2.49. The lowest BCUT2D eigenvalue weighted by molar-refractivity contribution is 0.587. The van der Waals surface area contributed by atoms with E-state index in [2.05, 4.69) is 64.2 Å². The second-order valence-corrected chi connectivity index (χ2v) is 6.02. The number of rotatable bonds is 5. The van der Waals surface area contributed by atoms with Crippen LogP contribution >= 0.6 is 0 Å². The number of nitrogens with zero attached hydrogens (tertiary/aromatic N) is 2. The molecule has 112 valence electrons. The number of hydrogen-bond acceptors (Lipinski definition) is 3. The molecule has 3 nitrogen and oxygen atoms in total. The fraction of sp³-hybridized carbons (Fsp3) is 0.444. The summed E-state index contributed by atoms with van der Waals surface area (Å²) in [5.41, 5.74) is 3.20. The molecule has 0 spiro atoms. The third kappa shape index (κ3) is 3.23. The molecule has 1 aromatic carbocycles. The summed E-state index contributed by atoms with van der Waals surface area (Å²) in [7, 11) is 0. The van der Waals surface area contributed by atoms with Crippen LogP contribution in [0.15, 0.2) is 30.3 Å². The lowest BCUT2D eigenvalue weighted by Gasteiger charge is -2.25. The molecule has 0 fully saturated rings. The van der Waals surface area contributed by atoms with Gasteiger partial charge in [0.25, 0.3) is 0 Å². The van der Waals surface area contributed by atoms with Crippen LogP contribution in [0.1, 0.15) is 49.8 Å². The van der Waals surface area contributed by atoms with Gasteiger partial charge >= 0.3 is 0 Å². The number of anilines is 1. The summed E-state index contributed by atoms with van der Waals surface area (Å²) in [6, 6.07) is 10.4. The van der Waals surface area contributed by atoms with Crippen LogP contribution in [0, 0.1) is 13.8 Å². The average molecular weight is 283 g/mol. The lowest BCUT2D eigenvalue weighted by atomic mass is 9.83. The molecule has 0 aliphatic rings. The van der Waals surface area contributed by atoms with Gasteiger partial charge in [-0.2, -0.15) is 0 Å². The molecule has 0 unspecified atom stereocenters. The summed E-state index contributed by atoms with van der Waals surface area (Å²) in [5, 5.41) is 3.42. The van der Waals surface area contributed by atoms with Gasteiger partial charge in [-0.05, 0) is 39.7 Å². The van der Waals surface area contributed by atoms with Crippen molar-refractivity contribution in [2.24, 2.45) is 0 Å². The quantitative estimate of drug-likeness (QED) is 0.891. The highest BCUT2D eigenvalue weighted by molar-refractivity contribution is 5.47. The van der Waals surface area contributed by atoms with Crippen LogP contribution < -0.4 is 5.32 Å². The second-order valence-electron chi connectivity index (χ2n) is 6.02. The predicted octanol–water partition coefficient (Wildman–Crippen LogP) is 4.24. The van der Waals surface area contributed by atoms with Crippen LogP contribution in [0.4, 0.5) is 5.82 Å². The number of aryl methyl sites for hydroxylation is 1. The molecular weight excluding hydrogens is 258 g/mol. The molecule has 0 amide bonds. The maximum Gasteiger partial charge on any atom is 0.140 e. The fourth-order valence-electron chi connectivity index (χ4n) is 2.31. The molecule has 0 radical (unpaired) electrons. The summed E-state index contributed by atoms with van der Waals surface area (Å²) < 4.78 is 0. The highest BCUT2D eigenvalue weighted by Gasteiger charge is 2.27. The first kappa shape index (κ1) is 15.5. The molecule has 0 saturated heterocycles. The molecule has 21 heavy (non-hydrogen) atoms. The Balaban J connectivity index is 2.46. The van der Waals surface area contributed by atoms with E-state index in [0.29, 0.717) is 0 Å². The van der Waals surface area contributed by atoms with E-state index >= 15 is 0 Å². The Bertz CT molecular complexity index is 603. The Kier molecular flexibility index (Phi) is 4.61. The third-order valence-electron chi connectivity index (χ3n) is 3.99. The number of nitrogens with one attached hydrogen (secondary N) is 1. The van der Waals surface area contributed by atoms with E-state index in [-0.39, 0.29) is 5.41 Å². The summed E-state index contributed by atoms with van der Waals surface area (Å²) in [5.74, 6) is 1.83. The molecule has 2 rings (SSSR count). The van der Waals surface area contributed by atoms with Crippen molar-refractivity contribution >= 4 is 5.82 Å². The van der Waals surface area contributed by atoms with Crippen LogP contribution in [0.2, 0.25) is 0 Å². The minimum atomic E-state index is -0.206. The highest BCUT2D eigenvalue weighted by atomic mass is 15.0. The highest BCUT2D eigenvalue weighted by Crippen LogP contribution is 2.30. The lowest BCUT2D eigenvalue weighted by Crippen LogP contribution is -2.24. The van der Waals surface area contributed by atoms with Gasteiger partial charge in [0, 0.05) is 23.2 Å². The molecule has 0 bridgehead atoms. The standard InChI is InChI=1S/C18H25N3/c1-6-12-19-16-13(2)14(3)20-17(21-16)18(4,5)15-10-8-7-9-11-15/h7-11H,6,12H2,1-5H3,(H,19,20,21). The van der Waals surface area contributed by atoms with Crippen LogP contribution in [-0.4, -0.2) is 16.5 Å². The van der Waals surface area contributed by atoms with Crippen molar-refractivity contribution in [1.82, 2.24) is 9.97 Å². The SMILES string of the molecule is CCCNc1nc(C(C)(C)c2ccccc2)nc(C)c1C. The van der Waals surface area contributed by atoms with E-state index < -0.39 is 0 Å². The first-order valence-electron chi connectivity index (χ1n) is 7.62. The fourth-order valence-corrected chi connectivity index (χ4v) is 2.31. The van der Waals surface area contributed by atoms with Crippen LogP contribution in [0.5, 0.6) is 0 Å². The van der Waals surface area contributed by atoms with Gasteiger partial charge in [0.2, 0.25) is 0 Å². The molecule has 1 aromatic heterocycles. The van der Waals surface area contributed by atoms with Gasteiger partial charge in [0.1, 0.15) is 11.6 Å². The smallest absolute Gasteiger partial charge is 0.140 e. The topological polar surface area (TPSA) is 37.8 Å². The number of benzene rings is 1. The van der Waals surface area contributed by atoms with Crippen molar-refractivity contribution in [3.8, 4) is 0 Å². The zero-order valence-electron chi connectivity index (χ0n) is 13.7. The summed E-state index contributed by atoms with van der Waals surface area (Å²) in [6.45, 7) is 11.6. The molecule has 0 atom stereocenters. The zero-order chi connectivity index (χ0) is 15.5. The van der Waals surface area contributed by atoms with E-state index in [1.54, 1.807) is 0 Å². The third-order valence-corrected chi connectivity index (χ3v) is 3.99. The molecule has 3 heteroatoms. The minimum Gasteiger partial charge on any atom is -0.370 e. The van der Waals surface area contributed by atoms with Gasteiger partial charge in [-0.1, -0.05) is 37.3 Å². The van der Waals surface area contributed by atoms with Gasteiger partial charge in [-0.3, -0.25) is 0 Å². The molecule has 0 saturated carbocycles. The molecule has 2 aromatic rings. The molecule has 1 heterocycles. The van der Waals surface area contributed by atoms with Gasteiger partial charge in [-0.15, -0.1) is 0 Å². The van der Waals surface area contributed by atoms with Crippen molar-refractivity contribution in [3.63, 3.8) is 0 Å². The summed E-state index contributed by atoms with van der Waals surface area (Å²) in [4.78, 5) is 9.53. The Morgan fingerprint density at radius 3 is 2.33 bits per heavy atom. The largest absolute Gasteiger partial charge is 0.370 e. The predicted molar refractivity (Wildman–Crippen MR) is 88.9 cm³/mol.